The van der Waals surface area contributed by atoms with Crippen molar-refractivity contribution in [3.63, 3.8) is 0 Å². The van der Waals surface area contributed by atoms with Gasteiger partial charge in [-0.2, -0.15) is 0 Å². The fourth-order valence-electron chi connectivity index (χ4n) is 3.46. The molecule has 0 amide bonds. The van der Waals surface area contributed by atoms with Crippen LogP contribution in [0.5, 0.6) is 0 Å². The van der Waals surface area contributed by atoms with Crippen LogP contribution < -0.4 is 0 Å². The van der Waals surface area contributed by atoms with Crippen molar-refractivity contribution in [2.24, 2.45) is 0 Å². The van der Waals surface area contributed by atoms with E-state index in [9.17, 15) is 0 Å². The quantitative estimate of drug-likeness (QED) is 0.242. The molecule has 0 aliphatic heterocycles. The second-order valence-electron chi connectivity index (χ2n) is 6.10. The van der Waals surface area contributed by atoms with Crippen LogP contribution in [-0.2, 0) is 9.97 Å². The normalized spacial score (nSPS) is 11.4. The molecule has 0 aliphatic rings. The van der Waals surface area contributed by atoms with Gasteiger partial charge in [-0.05, 0) is 16.7 Å². The number of halogens is 1. The topological polar surface area (TPSA) is 30.7 Å². The lowest BCUT2D eigenvalue weighted by Crippen LogP contribution is -2.38. The van der Waals surface area contributed by atoms with Gasteiger partial charge in [0.05, 0.1) is 11.9 Å². The van der Waals surface area contributed by atoms with Crippen LogP contribution in [0.1, 0.15) is 22.4 Å². The molecule has 0 saturated carbocycles. The first-order chi connectivity index (χ1) is 12.9. The van der Waals surface area contributed by atoms with E-state index < -0.39 is 5.54 Å². The van der Waals surface area contributed by atoms with E-state index in [1.54, 1.807) is 0 Å². The van der Waals surface area contributed by atoms with Crippen molar-refractivity contribution in [2.75, 3.05) is 0 Å². The SMILES string of the molecule is ICc1cn(C(c2ccccc2)(c2ccccc2)c2ccccc2)nn1. The molecule has 0 unspecified atom stereocenters. The Morgan fingerprint density at radius 2 is 1.12 bits per heavy atom. The van der Waals surface area contributed by atoms with Crippen LogP contribution in [0.15, 0.2) is 97.2 Å². The van der Waals surface area contributed by atoms with Gasteiger partial charge in [-0.25, -0.2) is 4.68 Å². The summed E-state index contributed by atoms with van der Waals surface area (Å²) in [6.45, 7) is 0. The highest BCUT2D eigenvalue weighted by Crippen LogP contribution is 2.40. The molecule has 4 heteroatoms. The minimum Gasteiger partial charge on any atom is -0.233 e. The lowest BCUT2D eigenvalue weighted by molar-refractivity contribution is 0.446. The third kappa shape index (κ3) is 2.84. The van der Waals surface area contributed by atoms with Gasteiger partial charge < -0.3 is 0 Å². The van der Waals surface area contributed by atoms with Crippen molar-refractivity contribution < 1.29 is 0 Å². The van der Waals surface area contributed by atoms with Crippen molar-refractivity contribution >= 4 is 22.6 Å². The van der Waals surface area contributed by atoms with Crippen LogP contribution in [0.2, 0.25) is 0 Å². The Labute approximate surface area is 166 Å². The smallest absolute Gasteiger partial charge is 0.139 e. The van der Waals surface area contributed by atoms with E-state index in [1.807, 2.05) is 22.9 Å². The molecule has 3 nitrogen and oxygen atoms in total. The molecule has 128 valence electrons. The first-order valence-electron chi connectivity index (χ1n) is 8.50. The standard InChI is InChI=1S/C22H18IN3/c23-16-21-17-26(25-24-21)22(18-10-4-1-5-11-18,19-12-6-2-7-13-19)20-14-8-3-9-15-20/h1-15,17H,16H2. The molecule has 26 heavy (non-hydrogen) atoms. The van der Waals surface area contributed by atoms with Crippen LogP contribution in [0.4, 0.5) is 0 Å². The van der Waals surface area contributed by atoms with Gasteiger partial charge in [0.15, 0.2) is 0 Å². The maximum absolute atomic E-state index is 4.55. The summed E-state index contributed by atoms with van der Waals surface area (Å²) < 4.78 is 2.83. The average molecular weight is 451 g/mol. The maximum Gasteiger partial charge on any atom is 0.139 e. The van der Waals surface area contributed by atoms with Crippen LogP contribution in [0, 0.1) is 0 Å². The van der Waals surface area contributed by atoms with Crippen molar-refractivity contribution in [1.29, 1.82) is 0 Å². The predicted octanol–water partition coefficient (Wildman–Crippen LogP) is 5.05. The number of nitrogens with zero attached hydrogens (tertiary/aromatic N) is 3. The highest BCUT2D eigenvalue weighted by Gasteiger charge is 2.39. The van der Waals surface area contributed by atoms with Crippen LogP contribution in [-0.4, -0.2) is 15.0 Å². The number of rotatable bonds is 5. The zero-order chi connectivity index (χ0) is 17.8. The summed E-state index contributed by atoms with van der Waals surface area (Å²) in [6.07, 6.45) is 2.05. The Morgan fingerprint density at radius 3 is 1.46 bits per heavy atom. The van der Waals surface area contributed by atoms with E-state index in [4.69, 9.17) is 0 Å². The monoisotopic (exact) mass is 451 g/mol. The predicted molar refractivity (Wildman–Crippen MR) is 112 cm³/mol. The summed E-state index contributed by atoms with van der Waals surface area (Å²) in [6, 6.07) is 31.5. The highest BCUT2D eigenvalue weighted by atomic mass is 127. The number of benzene rings is 3. The second kappa shape index (κ2) is 7.41. The number of alkyl halides is 1. The van der Waals surface area contributed by atoms with Crippen molar-refractivity contribution in [3.05, 3.63) is 120 Å². The average Bonchev–Trinajstić information content (AvgIpc) is 3.21. The molecule has 4 aromatic rings. The molecule has 1 heterocycles. The highest BCUT2D eigenvalue weighted by molar-refractivity contribution is 14.1. The Balaban J connectivity index is 2.10. The van der Waals surface area contributed by atoms with Crippen LogP contribution in [0.25, 0.3) is 0 Å². The zero-order valence-corrected chi connectivity index (χ0v) is 16.3. The summed E-state index contributed by atoms with van der Waals surface area (Å²) in [5, 5.41) is 8.93. The van der Waals surface area contributed by atoms with Crippen LogP contribution >= 0.6 is 22.6 Å². The number of aromatic nitrogens is 3. The lowest BCUT2D eigenvalue weighted by atomic mass is 9.77. The molecule has 1 aromatic heterocycles. The minimum atomic E-state index is -0.569. The Morgan fingerprint density at radius 1 is 0.692 bits per heavy atom. The Hall–Kier alpha value is -2.47. The molecule has 0 saturated heterocycles. The van der Waals surface area contributed by atoms with E-state index in [1.165, 1.54) is 0 Å². The zero-order valence-electron chi connectivity index (χ0n) is 14.2. The first kappa shape index (κ1) is 17.0. The van der Waals surface area contributed by atoms with Gasteiger partial charge in [0.25, 0.3) is 0 Å². The summed E-state index contributed by atoms with van der Waals surface area (Å²) >= 11 is 2.32. The molecule has 0 radical (unpaired) electrons. The third-order valence-corrected chi connectivity index (χ3v) is 5.38. The molecule has 0 atom stereocenters. The van der Waals surface area contributed by atoms with E-state index in [2.05, 4.69) is 112 Å². The summed E-state index contributed by atoms with van der Waals surface area (Å²) in [7, 11) is 0. The summed E-state index contributed by atoms with van der Waals surface area (Å²) in [5.41, 5.74) is 3.87. The van der Waals surface area contributed by atoms with Gasteiger partial charge in [0.2, 0.25) is 0 Å². The summed E-state index contributed by atoms with van der Waals surface area (Å²) in [4.78, 5) is 0. The first-order valence-corrected chi connectivity index (χ1v) is 10.0. The molecule has 3 aromatic carbocycles. The van der Waals surface area contributed by atoms with Crippen LogP contribution in [0.3, 0.4) is 0 Å². The molecular weight excluding hydrogens is 433 g/mol. The lowest BCUT2D eigenvalue weighted by Gasteiger charge is -2.35. The molecule has 0 fully saturated rings. The molecule has 4 rings (SSSR count). The third-order valence-electron chi connectivity index (χ3n) is 4.60. The maximum atomic E-state index is 4.55. The van der Waals surface area contributed by atoms with Gasteiger partial charge in [-0.3, -0.25) is 0 Å². The van der Waals surface area contributed by atoms with Crippen molar-refractivity contribution in [2.45, 2.75) is 9.97 Å². The number of hydrogen-bond donors (Lipinski definition) is 0. The fraction of sp³-hybridized carbons (Fsp3) is 0.0909. The van der Waals surface area contributed by atoms with Gasteiger partial charge >= 0.3 is 0 Å². The largest absolute Gasteiger partial charge is 0.233 e. The molecular formula is C22H18IN3. The summed E-state index contributed by atoms with van der Waals surface area (Å²) in [5.74, 6) is 0. The second-order valence-corrected chi connectivity index (χ2v) is 6.86. The van der Waals surface area contributed by atoms with Crippen molar-refractivity contribution in [3.8, 4) is 0 Å². The van der Waals surface area contributed by atoms with E-state index in [0.29, 0.717) is 0 Å². The van der Waals surface area contributed by atoms with E-state index in [0.717, 1.165) is 26.8 Å². The Kier molecular flexibility index (Phi) is 4.84. The molecule has 0 aliphatic carbocycles. The van der Waals surface area contributed by atoms with Gasteiger partial charge in [-0.15, -0.1) is 5.10 Å². The minimum absolute atomic E-state index is 0.569. The van der Waals surface area contributed by atoms with Gasteiger partial charge in [0, 0.05) is 4.43 Å². The fourth-order valence-corrected chi connectivity index (χ4v) is 3.81. The number of hydrogen-bond acceptors (Lipinski definition) is 2. The molecule has 0 spiro atoms. The van der Waals surface area contributed by atoms with Gasteiger partial charge in [0.1, 0.15) is 5.54 Å². The van der Waals surface area contributed by atoms with Crippen molar-refractivity contribution in [1.82, 2.24) is 15.0 Å². The molecule has 0 N–H and O–H groups in total. The molecule has 0 bridgehead atoms. The van der Waals surface area contributed by atoms with Gasteiger partial charge in [-0.1, -0.05) is 119 Å². The Bertz CT molecular complexity index is 869. The van der Waals surface area contributed by atoms with E-state index >= 15 is 0 Å². The van der Waals surface area contributed by atoms with E-state index in [-0.39, 0.29) is 0 Å².